The Kier molecular flexibility index (Phi) is 3.19. The highest BCUT2D eigenvalue weighted by Gasteiger charge is 2.39. The second-order valence-electron chi connectivity index (χ2n) is 5.65. The van der Waals surface area contributed by atoms with E-state index in [0.717, 1.165) is 18.4 Å². The van der Waals surface area contributed by atoms with Crippen molar-refractivity contribution >= 4 is 5.69 Å². The third-order valence-electron chi connectivity index (χ3n) is 4.52. The first-order valence-corrected chi connectivity index (χ1v) is 7.01. The fraction of sp³-hybridized carbons (Fsp3) is 0.600. The predicted octanol–water partition coefficient (Wildman–Crippen LogP) is 4.79. The Morgan fingerprint density at radius 1 is 1.05 bits per heavy atom. The minimum absolute atomic E-state index is 0.262. The summed E-state index contributed by atoms with van der Waals surface area (Å²) in [5.41, 5.74) is 0.690. The molecule has 1 unspecified atom stereocenters. The number of hydrogen-bond acceptors (Lipinski definition) is 1. The second-order valence-corrected chi connectivity index (χ2v) is 5.65. The van der Waals surface area contributed by atoms with E-state index in [1.165, 1.54) is 25.3 Å². The predicted molar refractivity (Wildman–Crippen MR) is 69.2 cm³/mol. The molecule has 0 saturated heterocycles. The monoisotopic (exact) mass is 269 g/mol. The third-order valence-corrected chi connectivity index (χ3v) is 4.52. The zero-order valence-electron chi connectivity index (χ0n) is 10.8. The summed E-state index contributed by atoms with van der Waals surface area (Å²) in [5.74, 6) is 0.809. The van der Waals surface area contributed by atoms with E-state index < -0.39 is 11.7 Å². The van der Waals surface area contributed by atoms with Crippen LogP contribution in [-0.4, -0.2) is 6.54 Å². The van der Waals surface area contributed by atoms with Crippen molar-refractivity contribution in [1.29, 1.82) is 0 Å². The topological polar surface area (TPSA) is 12.0 Å². The molecule has 1 nitrogen and oxygen atoms in total. The lowest BCUT2D eigenvalue weighted by atomic mass is 9.77. The maximum Gasteiger partial charge on any atom is 0.418 e. The van der Waals surface area contributed by atoms with Crippen LogP contribution in [0.2, 0.25) is 0 Å². The fourth-order valence-corrected chi connectivity index (χ4v) is 3.59. The van der Waals surface area contributed by atoms with Crippen molar-refractivity contribution in [3.05, 3.63) is 29.3 Å². The lowest BCUT2D eigenvalue weighted by molar-refractivity contribution is -0.136. The van der Waals surface area contributed by atoms with E-state index in [4.69, 9.17) is 0 Å². The molecule has 1 saturated carbocycles. The largest absolute Gasteiger partial charge is 0.418 e. The molecule has 4 heteroatoms. The molecule has 19 heavy (non-hydrogen) atoms. The molecule has 0 spiro atoms. The number of rotatable bonds is 1. The molecule has 1 aliphatic carbocycles. The Morgan fingerprint density at radius 3 is 2.47 bits per heavy atom. The molecule has 1 aliphatic heterocycles. The molecule has 0 radical (unpaired) electrons. The lowest BCUT2D eigenvalue weighted by Crippen LogP contribution is -2.17. The summed E-state index contributed by atoms with van der Waals surface area (Å²) in [6.07, 6.45) is 1.75. The quantitative estimate of drug-likeness (QED) is 0.772. The SMILES string of the molecule is FC(F)(F)c1cccc2c1NCC2C1CCCCC1. The first-order chi connectivity index (χ1) is 9.07. The lowest BCUT2D eigenvalue weighted by Gasteiger charge is -2.27. The second kappa shape index (κ2) is 4.73. The Balaban J connectivity index is 1.92. The minimum Gasteiger partial charge on any atom is -0.384 e. The van der Waals surface area contributed by atoms with E-state index in [2.05, 4.69) is 5.32 Å². The van der Waals surface area contributed by atoms with Gasteiger partial charge in [0.2, 0.25) is 0 Å². The van der Waals surface area contributed by atoms with Crippen LogP contribution in [0.5, 0.6) is 0 Å². The van der Waals surface area contributed by atoms with Gasteiger partial charge in [0.25, 0.3) is 0 Å². The third kappa shape index (κ3) is 2.33. The van der Waals surface area contributed by atoms with E-state index in [1.54, 1.807) is 6.07 Å². The molecule has 1 aromatic carbocycles. The van der Waals surface area contributed by atoms with Crippen LogP contribution in [0.15, 0.2) is 18.2 Å². The molecule has 0 aromatic heterocycles. The van der Waals surface area contributed by atoms with Crippen LogP contribution in [0.4, 0.5) is 18.9 Å². The highest BCUT2D eigenvalue weighted by atomic mass is 19.4. The number of para-hydroxylation sites is 1. The molecule has 2 aliphatic rings. The number of nitrogens with one attached hydrogen (secondary N) is 1. The van der Waals surface area contributed by atoms with Gasteiger partial charge in [-0.15, -0.1) is 0 Å². The molecule has 0 bridgehead atoms. The van der Waals surface area contributed by atoms with Crippen LogP contribution in [0.3, 0.4) is 0 Å². The summed E-state index contributed by atoms with van der Waals surface area (Å²) in [6, 6.07) is 4.59. The van der Waals surface area contributed by atoms with Gasteiger partial charge >= 0.3 is 6.18 Å². The van der Waals surface area contributed by atoms with Gasteiger partial charge in [0.1, 0.15) is 0 Å². The maximum atomic E-state index is 13.0. The Bertz CT molecular complexity index is 461. The van der Waals surface area contributed by atoms with Crippen molar-refractivity contribution in [3.8, 4) is 0 Å². The smallest absolute Gasteiger partial charge is 0.384 e. The summed E-state index contributed by atoms with van der Waals surface area (Å²) in [7, 11) is 0. The fourth-order valence-electron chi connectivity index (χ4n) is 3.59. The van der Waals surface area contributed by atoms with E-state index in [0.29, 0.717) is 18.2 Å². The van der Waals surface area contributed by atoms with Crippen molar-refractivity contribution in [2.24, 2.45) is 5.92 Å². The van der Waals surface area contributed by atoms with Crippen LogP contribution in [0.1, 0.15) is 49.1 Å². The first-order valence-electron chi connectivity index (χ1n) is 7.01. The number of benzene rings is 1. The number of anilines is 1. The van der Waals surface area contributed by atoms with E-state index in [-0.39, 0.29) is 5.92 Å². The standard InChI is InChI=1S/C15H18F3N/c16-15(17,18)13-8-4-7-11-12(9-19-14(11)13)10-5-2-1-3-6-10/h4,7-8,10,12,19H,1-3,5-6,9H2. The zero-order valence-corrected chi connectivity index (χ0v) is 10.8. The summed E-state index contributed by atoms with van der Waals surface area (Å²) < 4.78 is 38.9. The highest BCUT2D eigenvalue weighted by Crippen LogP contribution is 2.46. The average Bonchev–Trinajstić information content (AvgIpc) is 2.82. The van der Waals surface area contributed by atoms with Crippen LogP contribution in [0, 0.1) is 5.92 Å². The Morgan fingerprint density at radius 2 is 1.79 bits per heavy atom. The van der Waals surface area contributed by atoms with E-state index in [1.807, 2.05) is 6.07 Å². The molecular formula is C15H18F3N. The molecule has 1 fully saturated rings. The molecule has 0 amide bonds. The van der Waals surface area contributed by atoms with Crippen molar-refractivity contribution < 1.29 is 13.2 Å². The number of halogens is 3. The molecule has 1 aromatic rings. The first kappa shape index (κ1) is 12.8. The van der Waals surface area contributed by atoms with Crippen LogP contribution in [-0.2, 0) is 6.18 Å². The van der Waals surface area contributed by atoms with Gasteiger partial charge in [-0.25, -0.2) is 0 Å². The van der Waals surface area contributed by atoms with Gasteiger partial charge in [0.15, 0.2) is 0 Å². The molecular weight excluding hydrogens is 251 g/mol. The van der Waals surface area contributed by atoms with E-state index in [9.17, 15) is 13.2 Å². The van der Waals surface area contributed by atoms with Gasteiger partial charge in [0.05, 0.1) is 5.56 Å². The number of hydrogen-bond donors (Lipinski definition) is 1. The van der Waals surface area contributed by atoms with Gasteiger partial charge < -0.3 is 5.32 Å². The van der Waals surface area contributed by atoms with Crippen LogP contribution in [0.25, 0.3) is 0 Å². The minimum atomic E-state index is -4.26. The summed E-state index contributed by atoms with van der Waals surface area (Å²) >= 11 is 0. The molecule has 1 atom stereocenters. The number of fused-ring (bicyclic) bond motifs is 1. The van der Waals surface area contributed by atoms with Crippen molar-refractivity contribution in [3.63, 3.8) is 0 Å². The summed E-state index contributed by atoms with van der Waals surface area (Å²) in [6.45, 7) is 0.660. The summed E-state index contributed by atoms with van der Waals surface area (Å²) in [5, 5.41) is 3.00. The van der Waals surface area contributed by atoms with Gasteiger partial charge in [-0.3, -0.25) is 0 Å². The van der Waals surface area contributed by atoms with Crippen molar-refractivity contribution in [2.45, 2.75) is 44.2 Å². The van der Waals surface area contributed by atoms with Gasteiger partial charge in [-0.05, 0) is 30.4 Å². The van der Waals surface area contributed by atoms with E-state index >= 15 is 0 Å². The highest BCUT2D eigenvalue weighted by molar-refractivity contribution is 5.64. The molecule has 1 N–H and O–H groups in total. The van der Waals surface area contributed by atoms with Gasteiger partial charge in [-0.2, -0.15) is 13.2 Å². The van der Waals surface area contributed by atoms with Gasteiger partial charge in [0, 0.05) is 18.2 Å². The maximum absolute atomic E-state index is 13.0. The molecule has 1 heterocycles. The normalized spacial score (nSPS) is 24.1. The van der Waals surface area contributed by atoms with Crippen molar-refractivity contribution in [2.75, 3.05) is 11.9 Å². The summed E-state index contributed by atoms with van der Waals surface area (Å²) in [4.78, 5) is 0. The van der Waals surface area contributed by atoms with Gasteiger partial charge in [-0.1, -0.05) is 31.4 Å². The van der Waals surface area contributed by atoms with Crippen LogP contribution >= 0.6 is 0 Å². The molecule has 3 rings (SSSR count). The average molecular weight is 269 g/mol. The number of alkyl halides is 3. The Hall–Kier alpha value is -1.19. The Labute approximate surface area is 111 Å². The molecule has 104 valence electrons. The zero-order chi connectivity index (χ0) is 13.5. The van der Waals surface area contributed by atoms with Crippen LogP contribution < -0.4 is 5.32 Å². The van der Waals surface area contributed by atoms with Crippen molar-refractivity contribution in [1.82, 2.24) is 0 Å².